The van der Waals surface area contributed by atoms with Gasteiger partial charge in [0.05, 0.1) is 17.3 Å². The Morgan fingerprint density at radius 2 is 2.00 bits per heavy atom. The highest BCUT2D eigenvalue weighted by Gasteiger charge is 2.06. The molecule has 2 N–H and O–H groups in total. The third-order valence-electron chi connectivity index (χ3n) is 2.52. The molecule has 0 aliphatic carbocycles. The molecule has 2 aromatic rings. The number of benzene rings is 2. The zero-order valence-electron chi connectivity index (χ0n) is 10.3. The summed E-state index contributed by atoms with van der Waals surface area (Å²) in [4.78, 5) is 11.7. The number of amides is 1. The fourth-order valence-electron chi connectivity index (χ4n) is 1.55. The Morgan fingerprint density at radius 3 is 2.70 bits per heavy atom. The van der Waals surface area contributed by atoms with Crippen molar-refractivity contribution in [3.8, 4) is 0 Å². The van der Waals surface area contributed by atoms with Crippen molar-refractivity contribution >= 4 is 44.8 Å². The van der Waals surface area contributed by atoms with Crippen LogP contribution in [0.3, 0.4) is 0 Å². The third-order valence-corrected chi connectivity index (χ3v) is 3.75. The van der Waals surface area contributed by atoms with Crippen LogP contribution in [0.15, 0.2) is 46.9 Å². The number of carbonyl (C=O) groups excluding carboxylic acids is 1. The molecule has 0 unspecified atom stereocenters. The molecule has 0 saturated heterocycles. The van der Waals surface area contributed by atoms with E-state index in [9.17, 15) is 9.18 Å². The van der Waals surface area contributed by atoms with Crippen LogP contribution in [0.2, 0.25) is 5.02 Å². The lowest BCUT2D eigenvalue weighted by molar-refractivity contribution is -0.114. The van der Waals surface area contributed by atoms with Crippen LogP contribution in [-0.2, 0) is 4.79 Å². The number of nitrogens with one attached hydrogen (secondary N) is 2. The lowest BCUT2D eigenvalue weighted by atomic mass is 10.3. The first-order chi connectivity index (χ1) is 9.56. The van der Waals surface area contributed by atoms with Crippen LogP contribution in [0.25, 0.3) is 0 Å². The van der Waals surface area contributed by atoms with E-state index in [1.807, 2.05) is 0 Å². The second kappa shape index (κ2) is 6.72. The molecule has 104 valence electrons. The van der Waals surface area contributed by atoms with Gasteiger partial charge in [-0.3, -0.25) is 4.79 Å². The SMILES string of the molecule is O=C(CNc1ccc(Br)c(Cl)c1)Nc1ccccc1F. The van der Waals surface area contributed by atoms with Crippen molar-refractivity contribution in [1.82, 2.24) is 0 Å². The van der Waals surface area contributed by atoms with E-state index >= 15 is 0 Å². The van der Waals surface area contributed by atoms with E-state index in [2.05, 4.69) is 26.6 Å². The molecule has 0 aromatic heterocycles. The molecule has 20 heavy (non-hydrogen) atoms. The number of halogens is 3. The maximum absolute atomic E-state index is 13.4. The van der Waals surface area contributed by atoms with Gasteiger partial charge in [0.2, 0.25) is 5.91 Å². The molecule has 6 heteroatoms. The average molecular weight is 358 g/mol. The van der Waals surface area contributed by atoms with Crippen LogP contribution in [-0.4, -0.2) is 12.5 Å². The van der Waals surface area contributed by atoms with Gasteiger partial charge in [0.25, 0.3) is 0 Å². The molecule has 0 bridgehead atoms. The number of anilines is 2. The summed E-state index contributed by atoms with van der Waals surface area (Å²) in [6, 6.07) is 11.3. The van der Waals surface area contributed by atoms with Crippen molar-refractivity contribution in [1.29, 1.82) is 0 Å². The molecule has 1 amide bonds. The van der Waals surface area contributed by atoms with Gasteiger partial charge in [-0.05, 0) is 46.3 Å². The highest BCUT2D eigenvalue weighted by Crippen LogP contribution is 2.25. The van der Waals surface area contributed by atoms with Gasteiger partial charge in [-0.25, -0.2) is 4.39 Å². The van der Waals surface area contributed by atoms with Gasteiger partial charge in [-0.2, -0.15) is 0 Å². The first kappa shape index (κ1) is 14.8. The topological polar surface area (TPSA) is 41.1 Å². The van der Waals surface area contributed by atoms with Gasteiger partial charge < -0.3 is 10.6 Å². The highest BCUT2D eigenvalue weighted by molar-refractivity contribution is 9.10. The van der Waals surface area contributed by atoms with Gasteiger partial charge >= 0.3 is 0 Å². The second-order valence-electron chi connectivity index (χ2n) is 4.01. The molecule has 2 rings (SSSR count). The first-order valence-corrected chi connectivity index (χ1v) is 6.96. The van der Waals surface area contributed by atoms with Crippen LogP contribution in [0.5, 0.6) is 0 Å². The molecule has 0 atom stereocenters. The van der Waals surface area contributed by atoms with Crippen molar-refractivity contribution in [3.05, 3.63) is 57.8 Å². The van der Waals surface area contributed by atoms with Gasteiger partial charge in [-0.15, -0.1) is 0 Å². The fraction of sp³-hybridized carbons (Fsp3) is 0.0714. The Balaban J connectivity index is 1.92. The Hall–Kier alpha value is -1.59. The number of rotatable bonds is 4. The third kappa shape index (κ3) is 3.95. The smallest absolute Gasteiger partial charge is 0.243 e. The largest absolute Gasteiger partial charge is 0.376 e. The predicted molar refractivity (Wildman–Crippen MR) is 82.7 cm³/mol. The molecular weight excluding hydrogens is 347 g/mol. The fourth-order valence-corrected chi connectivity index (χ4v) is 1.97. The number of carbonyl (C=O) groups is 1. The summed E-state index contributed by atoms with van der Waals surface area (Å²) in [5.74, 6) is -0.804. The molecule has 2 aromatic carbocycles. The van der Waals surface area contributed by atoms with Gasteiger partial charge in [0.1, 0.15) is 5.82 Å². The molecule has 0 radical (unpaired) electrons. The summed E-state index contributed by atoms with van der Waals surface area (Å²) >= 11 is 9.22. The van der Waals surface area contributed by atoms with E-state index in [1.54, 1.807) is 30.3 Å². The van der Waals surface area contributed by atoms with Crippen molar-refractivity contribution in [2.45, 2.75) is 0 Å². The highest BCUT2D eigenvalue weighted by atomic mass is 79.9. The summed E-state index contributed by atoms with van der Waals surface area (Å²) in [7, 11) is 0. The first-order valence-electron chi connectivity index (χ1n) is 5.79. The van der Waals surface area contributed by atoms with E-state index in [0.29, 0.717) is 10.7 Å². The molecule has 0 saturated carbocycles. The van der Waals surface area contributed by atoms with Crippen LogP contribution in [0.4, 0.5) is 15.8 Å². The van der Waals surface area contributed by atoms with Gasteiger partial charge in [0, 0.05) is 10.2 Å². The average Bonchev–Trinajstić information content (AvgIpc) is 2.43. The second-order valence-corrected chi connectivity index (χ2v) is 5.27. The minimum atomic E-state index is -0.465. The summed E-state index contributed by atoms with van der Waals surface area (Å²) in [5, 5.41) is 5.95. The monoisotopic (exact) mass is 356 g/mol. The maximum Gasteiger partial charge on any atom is 0.243 e. The van der Waals surface area contributed by atoms with Crippen molar-refractivity contribution < 1.29 is 9.18 Å². The Bertz CT molecular complexity index is 636. The van der Waals surface area contributed by atoms with Crippen molar-refractivity contribution in [3.63, 3.8) is 0 Å². The van der Waals surface area contributed by atoms with E-state index in [-0.39, 0.29) is 18.1 Å². The van der Waals surface area contributed by atoms with Gasteiger partial charge in [-0.1, -0.05) is 23.7 Å². The number of hydrogen-bond acceptors (Lipinski definition) is 2. The van der Waals surface area contributed by atoms with Crippen LogP contribution >= 0.6 is 27.5 Å². The van der Waals surface area contributed by atoms with Crippen LogP contribution in [0.1, 0.15) is 0 Å². The predicted octanol–water partition coefficient (Wildman–Crippen LogP) is 4.29. The minimum absolute atomic E-state index is 0.0201. The molecule has 0 spiro atoms. The standard InChI is InChI=1S/C14H11BrClFN2O/c15-10-6-5-9(7-11(10)16)18-8-14(20)19-13-4-2-1-3-12(13)17/h1-7,18H,8H2,(H,19,20). The van der Waals surface area contributed by atoms with Crippen LogP contribution < -0.4 is 10.6 Å². The van der Waals surface area contributed by atoms with Crippen molar-refractivity contribution in [2.75, 3.05) is 17.2 Å². The lowest BCUT2D eigenvalue weighted by Crippen LogP contribution is -2.22. The number of para-hydroxylation sites is 1. The summed E-state index contributed by atoms with van der Waals surface area (Å²) in [6.45, 7) is 0.0201. The van der Waals surface area contributed by atoms with E-state index in [4.69, 9.17) is 11.6 Å². The Labute approximate surface area is 129 Å². The molecular formula is C14H11BrClFN2O. The lowest BCUT2D eigenvalue weighted by Gasteiger charge is -2.09. The molecule has 3 nitrogen and oxygen atoms in total. The summed E-state index contributed by atoms with van der Waals surface area (Å²) < 4.78 is 14.1. The molecule has 0 aliphatic heterocycles. The quantitative estimate of drug-likeness (QED) is 0.857. The van der Waals surface area contributed by atoms with Crippen LogP contribution in [0, 0.1) is 5.82 Å². The molecule has 0 aliphatic rings. The zero-order valence-corrected chi connectivity index (χ0v) is 12.6. The normalized spacial score (nSPS) is 10.2. The maximum atomic E-state index is 13.4. The zero-order chi connectivity index (χ0) is 14.5. The van der Waals surface area contributed by atoms with E-state index in [1.165, 1.54) is 12.1 Å². The Morgan fingerprint density at radius 1 is 1.25 bits per heavy atom. The van der Waals surface area contributed by atoms with E-state index < -0.39 is 5.82 Å². The molecule has 0 fully saturated rings. The van der Waals surface area contributed by atoms with E-state index in [0.717, 1.165) is 4.47 Å². The number of hydrogen-bond donors (Lipinski definition) is 2. The Kier molecular flexibility index (Phi) is 4.98. The summed E-state index contributed by atoms with van der Waals surface area (Å²) in [6.07, 6.45) is 0. The minimum Gasteiger partial charge on any atom is -0.376 e. The molecule has 0 heterocycles. The summed E-state index contributed by atoms with van der Waals surface area (Å²) in [5.41, 5.74) is 0.870. The van der Waals surface area contributed by atoms with Crippen molar-refractivity contribution in [2.24, 2.45) is 0 Å². The van der Waals surface area contributed by atoms with Gasteiger partial charge in [0.15, 0.2) is 0 Å².